The van der Waals surface area contributed by atoms with E-state index in [2.05, 4.69) is 10.3 Å². The van der Waals surface area contributed by atoms with Gasteiger partial charge in [-0.05, 0) is 43.3 Å². The summed E-state index contributed by atoms with van der Waals surface area (Å²) in [6.45, 7) is 2.75. The molecule has 2 amide bonds. The zero-order valence-electron chi connectivity index (χ0n) is 14.4. The van der Waals surface area contributed by atoms with Crippen LogP contribution in [0, 0.1) is 12.8 Å². The lowest BCUT2D eigenvalue weighted by atomic mass is 10.1. The molecule has 2 aromatic heterocycles. The monoisotopic (exact) mass is 349 g/mol. The first-order valence-electron chi connectivity index (χ1n) is 8.57. The molecule has 4 rings (SSSR count). The molecule has 1 unspecified atom stereocenters. The van der Waals surface area contributed by atoms with E-state index in [-0.39, 0.29) is 24.2 Å². The number of likely N-dealkylation sites (tertiary alicyclic amines) is 1. The number of nitrogens with one attached hydrogen (secondary N) is 1. The molecule has 0 radical (unpaired) electrons. The second-order valence-corrected chi connectivity index (χ2v) is 6.60. The highest BCUT2D eigenvalue weighted by Gasteiger charge is 2.34. The predicted molar refractivity (Wildman–Crippen MR) is 97.3 cm³/mol. The van der Waals surface area contributed by atoms with Gasteiger partial charge in [-0.25, -0.2) is 0 Å². The van der Waals surface area contributed by atoms with Crippen LogP contribution < -0.4 is 5.32 Å². The molecule has 26 heavy (non-hydrogen) atoms. The third kappa shape index (κ3) is 3.31. The molecule has 0 spiro atoms. The summed E-state index contributed by atoms with van der Waals surface area (Å²) in [6, 6.07) is 13.2. The first-order valence-corrected chi connectivity index (χ1v) is 8.57. The topological polar surface area (TPSA) is 75.4 Å². The minimum atomic E-state index is -0.357. The number of anilines is 1. The summed E-state index contributed by atoms with van der Waals surface area (Å²) in [4.78, 5) is 30.9. The number of hydrogen-bond donors (Lipinski definition) is 1. The lowest BCUT2D eigenvalue weighted by Gasteiger charge is -2.15. The highest BCUT2D eigenvalue weighted by Crippen LogP contribution is 2.23. The van der Waals surface area contributed by atoms with E-state index in [9.17, 15) is 9.59 Å². The number of amides is 2. The Morgan fingerprint density at radius 3 is 3.00 bits per heavy atom. The zero-order chi connectivity index (χ0) is 18.1. The summed E-state index contributed by atoms with van der Waals surface area (Å²) in [7, 11) is 0. The number of aryl methyl sites for hydroxylation is 1. The molecule has 3 heterocycles. The van der Waals surface area contributed by atoms with Gasteiger partial charge in [0.1, 0.15) is 5.76 Å². The van der Waals surface area contributed by atoms with Crippen molar-refractivity contribution in [3.63, 3.8) is 0 Å². The van der Waals surface area contributed by atoms with Gasteiger partial charge in [0, 0.05) is 29.7 Å². The molecule has 6 nitrogen and oxygen atoms in total. The largest absolute Gasteiger partial charge is 0.467 e. The third-order valence-corrected chi connectivity index (χ3v) is 4.61. The Hall–Kier alpha value is -3.15. The SMILES string of the molecule is Cc1ccc2cc(NC(=O)C3CC(=O)N(Cc4ccco4)C3)ccc2n1. The molecule has 1 N–H and O–H groups in total. The maximum atomic E-state index is 12.6. The van der Waals surface area contributed by atoms with Crippen molar-refractivity contribution in [2.24, 2.45) is 5.92 Å². The summed E-state index contributed by atoms with van der Waals surface area (Å²) in [5.41, 5.74) is 2.56. The van der Waals surface area contributed by atoms with Gasteiger partial charge >= 0.3 is 0 Å². The van der Waals surface area contributed by atoms with E-state index >= 15 is 0 Å². The van der Waals surface area contributed by atoms with E-state index in [4.69, 9.17) is 4.42 Å². The standard InChI is InChI=1S/C20H19N3O3/c1-13-4-5-14-9-16(6-7-18(14)21-13)22-20(25)15-10-19(24)23(11-15)12-17-3-2-8-26-17/h2-9,15H,10-12H2,1H3,(H,22,25). The Balaban J connectivity index is 1.43. The molecule has 1 saturated heterocycles. The predicted octanol–water partition coefficient (Wildman–Crippen LogP) is 3.12. The van der Waals surface area contributed by atoms with Crippen molar-refractivity contribution >= 4 is 28.4 Å². The molecule has 1 aliphatic heterocycles. The van der Waals surface area contributed by atoms with Crippen LogP contribution in [-0.2, 0) is 16.1 Å². The van der Waals surface area contributed by atoms with Crippen molar-refractivity contribution in [2.45, 2.75) is 19.9 Å². The van der Waals surface area contributed by atoms with Crippen LogP contribution in [0.15, 0.2) is 53.1 Å². The van der Waals surface area contributed by atoms with Gasteiger partial charge in [0.05, 0.1) is 24.2 Å². The van der Waals surface area contributed by atoms with E-state index in [0.717, 1.165) is 22.4 Å². The molecule has 0 aliphatic carbocycles. The molecule has 6 heteroatoms. The Morgan fingerprint density at radius 1 is 1.31 bits per heavy atom. The van der Waals surface area contributed by atoms with E-state index < -0.39 is 0 Å². The van der Waals surface area contributed by atoms with E-state index in [1.807, 2.05) is 43.3 Å². The Kier molecular flexibility index (Phi) is 4.16. The molecule has 0 bridgehead atoms. The normalized spacial score (nSPS) is 17.0. The van der Waals surface area contributed by atoms with Crippen LogP contribution in [0.3, 0.4) is 0 Å². The number of benzene rings is 1. The van der Waals surface area contributed by atoms with Gasteiger partial charge in [-0.15, -0.1) is 0 Å². The second kappa shape index (κ2) is 6.63. The molecule has 1 fully saturated rings. The van der Waals surface area contributed by atoms with E-state index in [1.165, 1.54) is 0 Å². The maximum Gasteiger partial charge on any atom is 0.229 e. The van der Waals surface area contributed by atoms with Crippen molar-refractivity contribution in [3.8, 4) is 0 Å². The average Bonchev–Trinajstić information content (AvgIpc) is 3.26. The number of carbonyl (C=O) groups is 2. The second-order valence-electron chi connectivity index (χ2n) is 6.60. The van der Waals surface area contributed by atoms with Crippen molar-refractivity contribution in [3.05, 3.63) is 60.2 Å². The number of nitrogens with zero attached hydrogens (tertiary/aromatic N) is 2. The minimum Gasteiger partial charge on any atom is -0.467 e. The Bertz CT molecular complexity index is 966. The van der Waals surface area contributed by atoms with Gasteiger partial charge in [0.2, 0.25) is 11.8 Å². The number of fused-ring (bicyclic) bond motifs is 1. The third-order valence-electron chi connectivity index (χ3n) is 4.61. The summed E-state index contributed by atoms with van der Waals surface area (Å²) in [5.74, 6) is 0.195. The molecule has 1 atom stereocenters. The van der Waals surface area contributed by atoms with Gasteiger partial charge in [-0.1, -0.05) is 6.07 Å². The quantitative estimate of drug-likeness (QED) is 0.785. The van der Waals surface area contributed by atoms with Crippen LogP contribution in [0.1, 0.15) is 17.9 Å². The molecular formula is C20H19N3O3. The summed E-state index contributed by atoms with van der Waals surface area (Å²) >= 11 is 0. The highest BCUT2D eigenvalue weighted by atomic mass is 16.3. The first-order chi connectivity index (χ1) is 12.6. The number of pyridine rings is 1. The average molecular weight is 349 g/mol. The van der Waals surface area contributed by atoms with Crippen molar-refractivity contribution in [1.82, 2.24) is 9.88 Å². The number of aromatic nitrogens is 1. The molecule has 0 saturated carbocycles. The minimum absolute atomic E-state index is 0.0280. The highest BCUT2D eigenvalue weighted by molar-refractivity contribution is 5.98. The Labute approximate surface area is 150 Å². The first kappa shape index (κ1) is 16.3. The zero-order valence-corrected chi connectivity index (χ0v) is 14.4. The van der Waals surface area contributed by atoms with Gasteiger partial charge in [0.15, 0.2) is 0 Å². The smallest absolute Gasteiger partial charge is 0.229 e. The fourth-order valence-electron chi connectivity index (χ4n) is 3.24. The summed E-state index contributed by atoms with van der Waals surface area (Å²) in [5, 5.41) is 3.89. The van der Waals surface area contributed by atoms with Crippen molar-refractivity contribution in [1.29, 1.82) is 0 Å². The van der Waals surface area contributed by atoms with Crippen molar-refractivity contribution in [2.75, 3.05) is 11.9 Å². The maximum absolute atomic E-state index is 12.6. The van der Waals surface area contributed by atoms with Crippen LogP contribution in [0.25, 0.3) is 10.9 Å². The van der Waals surface area contributed by atoms with Crippen LogP contribution in [0.4, 0.5) is 5.69 Å². The van der Waals surface area contributed by atoms with E-state index in [0.29, 0.717) is 18.8 Å². The fourth-order valence-corrected chi connectivity index (χ4v) is 3.24. The number of rotatable bonds is 4. The van der Waals surface area contributed by atoms with Crippen LogP contribution in [0.5, 0.6) is 0 Å². The van der Waals surface area contributed by atoms with Crippen LogP contribution >= 0.6 is 0 Å². The number of hydrogen-bond acceptors (Lipinski definition) is 4. The molecule has 3 aromatic rings. The molecule has 1 aromatic carbocycles. The summed E-state index contributed by atoms with van der Waals surface area (Å²) in [6.07, 6.45) is 1.80. The van der Waals surface area contributed by atoms with Gasteiger partial charge in [0.25, 0.3) is 0 Å². The van der Waals surface area contributed by atoms with Gasteiger partial charge in [-0.3, -0.25) is 14.6 Å². The molecular weight excluding hydrogens is 330 g/mol. The molecule has 1 aliphatic rings. The Morgan fingerprint density at radius 2 is 2.19 bits per heavy atom. The van der Waals surface area contributed by atoms with Gasteiger partial charge < -0.3 is 14.6 Å². The summed E-state index contributed by atoms with van der Waals surface area (Å²) < 4.78 is 5.28. The molecule has 132 valence electrons. The number of carbonyl (C=O) groups excluding carboxylic acids is 2. The van der Waals surface area contributed by atoms with Crippen LogP contribution in [0.2, 0.25) is 0 Å². The van der Waals surface area contributed by atoms with Crippen molar-refractivity contribution < 1.29 is 14.0 Å². The van der Waals surface area contributed by atoms with E-state index in [1.54, 1.807) is 17.2 Å². The van der Waals surface area contributed by atoms with Crippen LogP contribution in [-0.4, -0.2) is 28.2 Å². The lowest BCUT2D eigenvalue weighted by molar-refractivity contribution is -0.128. The fraction of sp³-hybridized carbons (Fsp3) is 0.250. The lowest BCUT2D eigenvalue weighted by Crippen LogP contribution is -2.27. The van der Waals surface area contributed by atoms with Gasteiger partial charge in [-0.2, -0.15) is 0 Å². The number of furan rings is 1.